The van der Waals surface area contributed by atoms with Crippen LogP contribution in [0, 0.1) is 0 Å². The fourth-order valence-electron chi connectivity index (χ4n) is 2.59. The number of anilines is 1. The van der Waals surface area contributed by atoms with E-state index in [2.05, 4.69) is 4.90 Å². The van der Waals surface area contributed by atoms with E-state index in [0.717, 1.165) is 11.4 Å². The third kappa shape index (κ3) is 3.92. The predicted octanol–water partition coefficient (Wildman–Crippen LogP) is -0.205. The van der Waals surface area contributed by atoms with Crippen molar-refractivity contribution in [1.82, 2.24) is 9.80 Å². The highest BCUT2D eigenvalue weighted by Crippen LogP contribution is 2.28. The molecule has 0 radical (unpaired) electrons. The Morgan fingerprint density at radius 2 is 1.87 bits per heavy atom. The Bertz CT molecular complexity index is 556. The van der Waals surface area contributed by atoms with Gasteiger partial charge in [-0.1, -0.05) is 12.1 Å². The van der Waals surface area contributed by atoms with Crippen LogP contribution >= 0.6 is 0 Å². The number of carbonyl (C=O) groups excluding carboxylic acids is 2. The molecule has 2 rings (SSSR count). The highest BCUT2D eigenvalue weighted by molar-refractivity contribution is 6.34. The lowest BCUT2D eigenvalue weighted by molar-refractivity contribution is -0.151. The first-order valence-electron chi connectivity index (χ1n) is 7.61. The molecule has 23 heavy (non-hydrogen) atoms. The first-order valence-corrected chi connectivity index (χ1v) is 7.61. The molecule has 1 heterocycles. The van der Waals surface area contributed by atoms with Crippen molar-refractivity contribution in [2.24, 2.45) is 0 Å². The maximum Gasteiger partial charge on any atom is 0.312 e. The molecule has 1 fully saturated rings. The zero-order valence-electron chi connectivity index (χ0n) is 13.6. The van der Waals surface area contributed by atoms with Crippen molar-refractivity contribution in [1.29, 1.82) is 0 Å². The van der Waals surface area contributed by atoms with Gasteiger partial charge in [-0.05, 0) is 12.1 Å². The van der Waals surface area contributed by atoms with Crippen LogP contribution in [0.1, 0.15) is 0 Å². The van der Waals surface area contributed by atoms with Gasteiger partial charge in [0.25, 0.3) is 0 Å². The number of para-hydroxylation sites is 2. The molecule has 0 bridgehead atoms. The van der Waals surface area contributed by atoms with Crippen molar-refractivity contribution in [3.63, 3.8) is 0 Å². The summed E-state index contributed by atoms with van der Waals surface area (Å²) in [6.07, 6.45) is 0. The molecule has 1 N–H and O–H groups in total. The van der Waals surface area contributed by atoms with Crippen LogP contribution in [0.5, 0.6) is 5.75 Å². The van der Waals surface area contributed by atoms with Crippen molar-refractivity contribution < 1.29 is 19.4 Å². The van der Waals surface area contributed by atoms with Gasteiger partial charge in [0.15, 0.2) is 0 Å². The molecule has 126 valence electrons. The molecule has 7 nitrogen and oxygen atoms in total. The van der Waals surface area contributed by atoms with Crippen molar-refractivity contribution in [3.05, 3.63) is 24.3 Å². The van der Waals surface area contributed by atoms with Gasteiger partial charge >= 0.3 is 11.8 Å². The molecule has 0 atom stereocenters. The standard InChI is InChI=1S/C16H23N3O4/c1-17(11-12-20)15(21)16(22)19-9-7-18(8-10-19)13-5-3-4-6-14(13)23-2/h3-6,20H,7-12H2,1-2H3. The molecule has 1 aromatic carbocycles. The number of ether oxygens (including phenoxy) is 1. The van der Waals surface area contributed by atoms with Gasteiger partial charge < -0.3 is 24.5 Å². The van der Waals surface area contributed by atoms with E-state index in [4.69, 9.17) is 9.84 Å². The number of hydrogen-bond acceptors (Lipinski definition) is 5. The monoisotopic (exact) mass is 321 g/mol. The summed E-state index contributed by atoms with van der Waals surface area (Å²) in [4.78, 5) is 29.1. The minimum Gasteiger partial charge on any atom is -0.495 e. The third-order valence-electron chi connectivity index (χ3n) is 3.96. The summed E-state index contributed by atoms with van der Waals surface area (Å²) in [6.45, 7) is 2.25. The number of methoxy groups -OCH3 is 1. The minimum absolute atomic E-state index is 0.156. The second-order valence-electron chi connectivity index (χ2n) is 5.40. The Hall–Kier alpha value is -2.28. The van der Waals surface area contributed by atoms with Crippen LogP contribution in [0.3, 0.4) is 0 Å². The van der Waals surface area contributed by atoms with E-state index in [1.165, 1.54) is 11.9 Å². The summed E-state index contributed by atoms with van der Waals surface area (Å²) >= 11 is 0. The maximum absolute atomic E-state index is 12.2. The molecule has 0 saturated carbocycles. The van der Waals surface area contributed by atoms with Crippen molar-refractivity contribution in [3.8, 4) is 5.75 Å². The first-order chi connectivity index (χ1) is 11.1. The van der Waals surface area contributed by atoms with Gasteiger partial charge in [0, 0.05) is 39.8 Å². The summed E-state index contributed by atoms with van der Waals surface area (Å²) in [5.74, 6) is -0.295. The number of aliphatic hydroxyl groups is 1. The summed E-state index contributed by atoms with van der Waals surface area (Å²) in [5.41, 5.74) is 0.992. The Labute approximate surface area is 136 Å². The van der Waals surface area contributed by atoms with Gasteiger partial charge in [0.2, 0.25) is 0 Å². The molecule has 0 unspecified atom stereocenters. The molecular formula is C16H23N3O4. The van der Waals surface area contributed by atoms with Gasteiger partial charge in [0.1, 0.15) is 5.75 Å². The lowest BCUT2D eigenvalue weighted by Crippen LogP contribution is -2.53. The summed E-state index contributed by atoms with van der Waals surface area (Å²) in [5, 5.41) is 8.85. The number of benzene rings is 1. The number of piperazine rings is 1. The quantitative estimate of drug-likeness (QED) is 0.777. The number of aliphatic hydroxyl groups excluding tert-OH is 1. The zero-order chi connectivity index (χ0) is 16.8. The molecule has 1 saturated heterocycles. The Kier molecular flexibility index (Phi) is 5.81. The molecule has 1 aliphatic heterocycles. The number of likely N-dealkylation sites (N-methyl/N-ethyl adjacent to an activating group) is 1. The van der Waals surface area contributed by atoms with E-state index in [1.54, 1.807) is 12.0 Å². The normalized spacial score (nSPS) is 14.6. The Morgan fingerprint density at radius 3 is 2.48 bits per heavy atom. The third-order valence-corrected chi connectivity index (χ3v) is 3.96. The van der Waals surface area contributed by atoms with Gasteiger partial charge in [0.05, 0.1) is 19.4 Å². The predicted molar refractivity (Wildman–Crippen MR) is 86.5 cm³/mol. The number of rotatable bonds is 4. The van der Waals surface area contributed by atoms with Crippen molar-refractivity contribution >= 4 is 17.5 Å². The number of carbonyl (C=O) groups is 2. The molecule has 1 aliphatic rings. The smallest absolute Gasteiger partial charge is 0.312 e. The zero-order valence-corrected chi connectivity index (χ0v) is 13.6. The Balaban J connectivity index is 1.96. The summed E-state index contributed by atoms with van der Waals surface area (Å²) < 4.78 is 5.36. The van der Waals surface area contributed by atoms with Crippen LogP contribution in [0.15, 0.2) is 24.3 Å². The summed E-state index contributed by atoms with van der Waals surface area (Å²) in [7, 11) is 3.15. The number of amides is 2. The van der Waals surface area contributed by atoms with Gasteiger partial charge in [-0.2, -0.15) is 0 Å². The highest BCUT2D eigenvalue weighted by atomic mass is 16.5. The molecule has 2 amide bonds. The lowest BCUT2D eigenvalue weighted by Gasteiger charge is -2.36. The SMILES string of the molecule is COc1ccccc1N1CCN(C(=O)C(=O)N(C)CCO)CC1. The van der Waals surface area contributed by atoms with Crippen LogP contribution < -0.4 is 9.64 Å². The van der Waals surface area contributed by atoms with Crippen LogP contribution in [0.4, 0.5) is 5.69 Å². The van der Waals surface area contributed by atoms with Gasteiger partial charge in [-0.3, -0.25) is 9.59 Å². The Morgan fingerprint density at radius 1 is 1.22 bits per heavy atom. The van der Waals surface area contributed by atoms with Crippen LogP contribution in [-0.4, -0.2) is 80.2 Å². The molecule has 0 spiro atoms. The average Bonchev–Trinajstić information content (AvgIpc) is 2.60. The highest BCUT2D eigenvalue weighted by Gasteiger charge is 2.28. The van der Waals surface area contributed by atoms with Crippen molar-refractivity contribution in [2.45, 2.75) is 0 Å². The number of hydrogen-bond donors (Lipinski definition) is 1. The first kappa shape index (κ1) is 17.1. The second kappa shape index (κ2) is 7.82. The fraction of sp³-hybridized carbons (Fsp3) is 0.500. The average molecular weight is 321 g/mol. The molecule has 0 aliphatic carbocycles. The minimum atomic E-state index is -0.579. The lowest BCUT2D eigenvalue weighted by atomic mass is 10.2. The van der Waals surface area contributed by atoms with E-state index in [1.807, 2.05) is 24.3 Å². The maximum atomic E-state index is 12.2. The molecule has 0 aromatic heterocycles. The van der Waals surface area contributed by atoms with Crippen molar-refractivity contribution in [2.75, 3.05) is 58.4 Å². The van der Waals surface area contributed by atoms with E-state index >= 15 is 0 Å². The summed E-state index contributed by atoms with van der Waals surface area (Å²) in [6, 6.07) is 7.75. The van der Waals surface area contributed by atoms with E-state index in [-0.39, 0.29) is 13.2 Å². The largest absolute Gasteiger partial charge is 0.495 e. The van der Waals surface area contributed by atoms with Crippen LogP contribution in [0.2, 0.25) is 0 Å². The fourth-order valence-corrected chi connectivity index (χ4v) is 2.59. The molecule has 7 heteroatoms. The van der Waals surface area contributed by atoms with E-state index in [0.29, 0.717) is 26.2 Å². The van der Waals surface area contributed by atoms with E-state index in [9.17, 15) is 9.59 Å². The van der Waals surface area contributed by atoms with Crippen LogP contribution in [0.25, 0.3) is 0 Å². The topological polar surface area (TPSA) is 73.3 Å². The molecular weight excluding hydrogens is 298 g/mol. The van der Waals surface area contributed by atoms with Gasteiger partial charge in [-0.15, -0.1) is 0 Å². The van der Waals surface area contributed by atoms with Gasteiger partial charge in [-0.25, -0.2) is 0 Å². The number of nitrogens with zero attached hydrogens (tertiary/aromatic N) is 3. The molecule has 1 aromatic rings. The second-order valence-corrected chi connectivity index (χ2v) is 5.40. The van der Waals surface area contributed by atoms with Crippen LogP contribution in [-0.2, 0) is 9.59 Å². The van der Waals surface area contributed by atoms with E-state index < -0.39 is 11.8 Å².